The first-order chi connectivity index (χ1) is 30.6. The lowest BCUT2D eigenvalue weighted by Crippen LogP contribution is -2.00. The molecule has 62 heavy (non-hydrogen) atoms. The Balaban J connectivity index is 0.950. The van der Waals surface area contributed by atoms with Crippen molar-refractivity contribution >= 4 is 16.5 Å². The van der Waals surface area contributed by atoms with E-state index in [1.165, 1.54) is 33.0 Å². The van der Waals surface area contributed by atoms with Crippen LogP contribution < -0.4 is 0 Å². The summed E-state index contributed by atoms with van der Waals surface area (Å²) in [6.07, 6.45) is 0. The molecule has 0 radical (unpaired) electrons. The number of nitrogens with zero attached hydrogens (tertiary/aromatic N) is 5. The zero-order valence-electron chi connectivity index (χ0n) is 33.3. The minimum Gasteiger partial charge on any atom is -0.238 e. The van der Waals surface area contributed by atoms with Crippen LogP contribution in [0.15, 0.2) is 200 Å². The maximum absolute atomic E-state index is 10.2. The van der Waals surface area contributed by atoms with Crippen molar-refractivity contribution in [1.29, 1.82) is 5.26 Å². The predicted octanol–water partition coefficient (Wildman–Crippen LogP) is 14.8. The SMILES string of the molecule is [C-]#[N+]c1ccc(-c2cccc(-c3nc(-c4ccccc4)nc(-c4ccc(-c5ccccc5)c(C#N)c4)n3)c2)cc1-c1ccc(-c2cc3c4c(cccc4c2)-c2ccccc2-3)cc1. The van der Waals surface area contributed by atoms with E-state index in [-0.39, 0.29) is 0 Å². The second-order valence-electron chi connectivity index (χ2n) is 15.4. The van der Waals surface area contributed by atoms with Gasteiger partial charge in [-0.2, -0.15) is 5.26 Å². The summed E-state index contributed by atoms with van der Waals surface area (Å²) in [7, 11) is 0. The molecule has 0 bridgehead atoms. The van der Waals surface area contributed by atoms with Crippen LogP contribution in [-0.4, -0.2) is 15.0 Å². The Morgan fingerprint density at radius 3 is 1.60 bits per heavy atom. The number of rotatable bonds is 7. The average molecular weight is 788 g/mol. The van der Waals surface area contributed by atoms with E-state index in [4.69, 9.17) is 21.5 Å². The summed E-state index contributed by atoms with van der Waals surface area (Å²) >= 11 is 0. The molecule has 5 nitrogen and oxygen atoms in total. The van der Waals surface area contributed by atoms with Gasteiger partial charge in [-0.05, 0) is 102 Å². The number of fused-ring (bicyclic) bond motifs is 3. The fourth-order valence-electron chi connectivity index (χ4n) is 8.70. The van der Waals surface area contributed by atoms with Crippen molar-refractivity contribution < 1.29 is 0 Å². The highest BCUT2D eigenvalue weighted by atomic mass is 15.0. The zero-order chi connectivity index (χ0) is 41.6. The molecule has 11 rings (SSSR count). The van der Waals surface area contributed by atoms with Crippen LogP contribution in [0.2, 0.25) is 0 Å². The van der Waals surface area contributed by atoms with Crippen LogP contribution in [0.1, 0.15) is 5.56 Å². The molecule has 0 spiro atoms. The van der Waals surface area contributed by atoms with Gasteiger partial charge < -0.3 is 0 Å². The zero-order valence-corrected chi connectivity index (χ0v) is 33.3. The molecule has 9 aromatic carbocycles. The van der Waals surface area contributed by atoms with Crippen LogP contribution in [0.4, 0.5) is 5.69 Å². The maximum atomic E-state index is 10.2. The fourth-order valence-corrected chi connectivity index (χ4v) is 8.70. The smallest absolute Gasteiger partial charge is 0.194 e. The first kappa shape index (κ1) is 36.3. The molecule has 1 heterocycles. The molecule has 0 amide bonds. The second-order valence-corrected chi connectivity index (χ2v) is 15.4. The minimum absolute atomic E-state index is 0.477. The number of hydrogen-bond acceptors (Lipinski definition) is 4. The standard InChI is InChI=1S/C57H33N5/c1-59-53-29-27-41(33-51(53)38-24-22-36(23-25-38)45-31-42-17-11-21-50-48-19-8-9-20-49(48)52(34-45)54(42)50)40-16-10-18-43(30-40)56-60-55(39-14-6-3-7-15-39)61-57(62-56)44-26-28-47(46(32-44)35-58)37-12-4-2-5-13-37/h2-34H. The lowest BCUT2D eigenvalue weighted by atomic mass is 9.93. The molecule has 1 aromatic heterocycles. The molecule has 5 heteroatoms. The third kappa shape index (κ3) is 6.39. The van der Waals surface area contributed by atoms with E-state index < -0.39 is 0 Å². The van der Waals surface area contributed by atoms with E-state index in [0.29, 0.717) is 28.7 Å². The van der Waals surface area contributed by atoms with Gasteiger partial charge in [-0.25, -0.2) is 19.8 Å². The van der Waals surface area contributed by atoms with E-state index in [0.717, 1.165) is 61.2 Å². The second kappa shape index (κ2) is 15.1. The Morgan fingerprint density at radius 1 is 0.355 bits per heavy atom. The van der Waals surface area contributed by atoms with Gasteiger partial charge in [0.2, 0.25) is 0 Å². The van der Waals surface area contributed by atoms with Gasteiger partial charge in [-0.1, -0.05) is 176 Å². The number of aromatic nitrogens is 3. The Bertz CT molecular complexity index is 3470. The van der Waals surface area contributed by atoms with Gasteiger partial charge in [0, 0.05) is 16.7 Å². The van der Waals surface area contributed by atoms with E-state index >= 15 is 0 Å². The van der Waals surface area contributed by atoms with Crippen LogP contribution in [0.25, 0.3) is 117 Å². The van der Waals surface area contributed by atoms with E-state index in [1.807, 2.05) is 103 Å². The van der Waals surface area contributed by atoms with Gasteiger partial charge in [0.15, 0.2) is 23.2 Å². The third-order valence-corrected chi connectivity index (χ3v) is 11.7. The summed E-state index contributed by atoms with van der Waals surface area (Å²) in [5.74, 6) is 1.53. The summed E-state index contributed by atoms with van der Waals surface area (Å²) in [5, 5.41) is 12.7. The summed E-state index contributed by atoms with van der Waals surface area (Å²) in [6.45, 7) is 8.07. The van der Waals surface area contributed by atoms with Gasteiger partial charge in [0.25, 0.3) is 0 Å². The van der Waals surface area contributed by atoms with Crippen molar-refractivity contribution in [2.75, 3.05) is 0 Å². The van der Waals surface area contributed by atoms with Crippen LogP contribution in [0.3, 0.4) is 0 Å². The van der Waals surface area contributed by atoms with Crippen LogP contribution >= 0.6 is 0 Å². The lowest BCUT2D eigenvalue weighted by molar-refractivity contribution is 1.07. The topological polar surface area (TPSA) is 66.8 Å². The Morgan fingerprint density at radius 2 is 0.871 bits per heavy atom. The largest absolute Gasteiger partial charge is 0.238 e. The molecule has 286 valence electrons. The highest BCUT2D eigenvalue weighted by Crippen LogP contribution is 2.48. The van der Waals surface area contributed by atoms with Crippen LogP contribution in [0, 0.1) is 17.9 Å². The summed E-state index contributed by atoms with van der Waals surface area (Å²) in [5.41, 5.74) is 16.5. The molecule has 0 N–H and O–H groups in total. The summed E-state index contributed by atoms with van der Waals surface area (Å²) in [6, 6.07) is 70.4. The van der Waals surface area contributed by atoms with Crippen molar-refractivity contribution in [3.05, 3.63) is 217 Å². The predicted molar refractivity (Wildman–Crippen MR) is 251 cm³/mol. The molecular formula is C57H33N5. The summed E-state index contributed by atoms with van der Waals surface area (Å²) in [4.78, 5) is 18.8. The van der Waals surface area contributed by atoms with E-state index in [1.54, 1.807) is 0 Å². The maximum Gasteiger partial charge on any atom is 0.194 e. The molecule has 10 aromatic rings. The molecule has 0 fully saturated rings. The molecule has 0 aliphatic heterocycles. The highest BCUT2D eigenvalue weighted by molar-refractivity contribution is 6.16. The normalized spacial score (nSPS) is 11.2. The molecule has 0 saturated carbocycles. The van der Waals surface area contributed by atoms with E-state index in [9.17, 15) is 5.26 Å². The lowest BCUT2D eigenvalue weighted by Gasteiger charge is -2.12. The fraction of sp³-hybridized carbons (Fsp3) is 0. The average Bonchev–Trinajstić information content (AvgIpc) is 3.68. The van der Waals surface area contributed by atoms with Crippen molar-refractivity contribution in [3.8, 4) is 107 Å². The van der Waals surface area contributed by atoms with Gasteiger partial charge in [0.05, 0.1) is 18.2 Å². The molecule has 0 atom stereocenters. The number of benzene rings is 9. The number of hydrogen-bond donors (Lipinski definition) is 0. The Kier molecular flexibility index (Phi) is 8.85. The van der Waals surface area contributed by atoms with Crippen molar-refractivity contribution in [2.24, 2.45) is 0 Å². The van der Waals surface area contributed by atoms with Gasteiger partial charge >= 0.3 is 0 Å². The third-order valence-electron chi connectivity index (χ3n) is 11.7. The first-order valence-electron chi connectivity index (χ1n) is 20.4. The molecule has 0 saturated heterocycles. The number of nitriles is 1. The summed E-state index contributed by atoms with van der Waals surface area (Å²) < 4.78 is 0. The first-order valence-corrected chi connectivity index (χ1v) is 20.4. The molecule has 1 aliphatic carbocycles. The van der Waals surface area contributed by atoms with Crippen molar-refractivity contribution in [2.45, 2.75) is 0 Å². The Hall–Kier alpha value is -8.77. The van der Waals surface area contributed by atoms with Gasteiger partial charge in [-0.3, -0.25) is 0 Å². The van der Waals surface area contributed by atoms with E-state index in [2.05, 4.69) is 108 Å². The van der Waals surface area contributed by atoms with Crippen LogP contribution in [-0.2, 0) is 0 Å². The Labute approximate surface area is 359 Å². The quantitative estimate of drug-likeness (QED) is 0.151. The monoisotopic (exact) mass is 787 g/mol. The van der Waals surface area contributed by atoms with Gasteiger partial charge in [-0.15, -0.1) is 0 Å². The molecular weight excluding hydrogens is 755 g/mol. The van der Waals surface area contributed by atoms with Crippen LogP contribution in [0.5, 0.6) is 0 Å². The minimum atomic E-state index is 0.477. The van der Waals surface area contributed by atoms with Crippen molar-refractivity contribution in [1.82, 2.24) is 15.0 Å². The van der Waals surface area contributed by atoms with Gasteiger partial charge in [0.1, 0.15) is 0 Å². The highest BCUT2D eigenvalue weighted by Gasteiger charge is 2.22. The molecule has 1 aliphatic rings. The van der Waals surface area contributed by atoms with Crippen molar-refractivity contribution in [3.63, 3.8) is 0 Å². The molecule has 0 unspecified atom stereocenters.